The van der Waals surface area contributed by atoms with E-state index in [0.29, 0.717) is 38.3 Å². The van der Waals surface area contributed by atoms with E-state index in [1.54, 1.807) is 0 Å². The molecule has 0 aromatic heterocycles. The summed E-state index contributed by atoms with van der Waals surface area (Å²) < 4.78 is 5.89. The van der Waals surface area contributed by atoms with Crippen molar-refractivity contribution in [3.05, 3.63) is 23.8 Å². The summed E-state index contributed by atoms with van der Waals surface area (Å²) in [7, 11) is 1.94. The predicted octanol–water partition coefficient (Wildman–Crippen LogP) is 3.52. The van der Waals surface area contributed by atoms with Gasteiger partial charge < -0.3 is 15.0 Å². The Bertz CT molecular complexity index is 623. The molecule has 1 N–H and O–H groups in total. The molecule has 1 aromatic carbocycles. The summed E-state index contributed by atoms with van der Waals surface area (Å²) in [6.07, 6.45) is 8.50. The maximum Gasteiger partial charge on any atom is 0.224 e. The van der Waals surface area contributed by atoms with E-state index in [2.05, 4.69) is 5.32 Å². The third-order valence-corrected chi connectivity index (χ3v) is 5.32. The van der Waals surface area contributed by atoms with Gasteiger partial charge in [0.15, 0.2) is 0 Å². The van der Waals surface area contributed by atoms with Crippen molar-refractivity contribution in [1.82, 2.24) is 4.90 Å². The molecular weight excluding hydrogens is 316 g/mol. The lowest BCUT2D eigenvalue weighted by Gasteiger charge is -2.31. The van der Waals surface area contributed by atoms with Crippen LogP contribution < -0.4 is 10.1 Å². The van der Waals surface area contributed by atoms with E-state index in [-0.39, 0.29) is 11.8 Å². The number of ether oxygens (including phenoxy) is 1. The second-order valence-corrected chi connectivity index (χ2v) is 7.08. The zero-order valence-electron chi connectivity index (χ0n) is 15.1. The third kappa shape index (κ3) is 4.53. The lowest BCUT2D eigenvalue weighted by atomic mass is 9.94. The van der Waals surface area contributed by atoms with Crippen LogP contribution in [-0.4, -0.2) is 36.4 Å². The van der Waals surface area contributed by atoms with Crippen LogP contribution in [0.15, 0.2) is 18.2 Å². The van der Waals surface area contributed by atoms with Crippen molar-refractivity contribution in [2.24, 2.45) is 0 Å². The first-order valence-corrected chi connectivity index (χ1v) is 9.45. The molecule has 0 spiro atoms. The van der Waals surface area contributed by atoms with Crippen LogP contribution in [0.1, 0.15) is 56.9 Å². The molecule has 2 aliphatic rings. The summed E-state index contributed by atoms with van der Waals surface area (Å²) in [6.45, 7) is 0.522. The lowest BCUT2D eigenvalue weighted by molar-refractivity contribution is -0.132. The van der Waals surface area contributed by atoms with E-state index in [1.165, 1.54) is 19.3 Å². The number of carbonyl (C=O) groups excluding carboxylic acids is 2. The van der Waals surface area contributed by atoms with Gasteiger partial charge in [-0.15, -0.1) is 0 Å². The molecule has 0 unspecified atom stereocenters. The molecule has 2 amide bonds. The van der Waals surface area contributed by atoms with Crippen molar-refractivity contribution in [3.8, 4) is 5.75 Å². The van der Waals surface area contributed by atoms with Gasteiger partial charge in [-0.2, -0.15) is 0 Å². The molecule has 5 nitrogen and oxygen atoms in total. The van der Waals surface area contributed by atoms with Crippen molar-refractivity contribution in [2.45, 2.75) is 63.8 Å². The second kappa shape index (κ2) is 8.37. The van der Waals surface area contributed by atoms with Gasteiger partial charge in [0.2, 0.25) is 11.8 Å². The van der Waals surface area contributed by atoms with Crippen molar-refractivity contribution < 1.29 is 14.3 Å². The number of hydrogen-bond acceptors (Lipinski definition) is 3. The molecule has 136 valence electrons. The van der Waals surface area contributed by atoms with Crippen LogP contribution in [0.25, 0.3) is 0 Å². The zero-order chi connectivity index (χ0) is 17.6. The molecule has 0 saturated heterocycles. The highest BCUT2D eigenvalue weighted by atomic mass is 16.5. The van der Waals surface area contributed by atoms with Crippen molar-refractivity contribution in [2.75, 3.05) is 19.0 Å². The maximum absolute atomic E-state index is 12.3. The molecular formula is C20H28N2O3. The lowest BCUT2D eigenvalue weighted by Crippen LogP contribution is -2.38. The molecule has 1 saturated carbocycles. The molecule has 1 aromatic rings. The summed E-state index contributed by atoms with van der Waals surface area (Å²) in [5, 5.41) is 2.88. The molecule has 25 heavy (non-hydrogen) atoms. The highest BCUT2D eigenvalue weighted by Crippen LogP contribution is 2.31. The number of nitrogens with zero attached hydrogens (tertiary/aromatic N) is 1. The average Bonchev–Trinajstić information content (AvgIpc) is 2.64. The standard InChI is InChI=1S/C20H28N2O3/c1-22(15-7-3-2-4-8-15)20(24)11-6-14-25-18-10-5-9-17-16(18)12-13-19(23)21-17/h5,9-10,15H,2-4,6-8,11-14H2,1H3,(H,21,23). The molecule has 0 atom stereocenters. The van der Waals surface area contributed by atoms with Crippen LogP contribution in [0.3, 0.4) is 0 Å². The molecule has 1 heterocycles. The fraction of sp³-hybridized carbons (Fsp3) is 0.600. The van der Waals surface area contributed by atoms with Gasteiger partial charge >= 0.3 is 0 Å². The van der Waals surface area contributed by atoms with Crippen molar-refractivity contribution >= 4 is 17.5 Å². The molecule has 1 aliphatic heterocycles. The van der Waals surface area contributed by atoms with E-state index in [4.69, 9.17) is 4.74 Å². The Morgan fingerprint density at radius 3 is 2.84 bits per heavy atom. The second-order valence-electron chi connectivity index (χ2n) is 7.08. The molecule has 3 rings (SSSR count). The molecule has 1 aliphatic carbocycles. The van der Waals surface area contributed by atoms with Crippen LogP contribution >= 0.6 is 0 Å². The Kier molecular flexibility index (Phi) is 5.95. The Morgan fingerprint density at radius 2 is 2.04 bits per heavy atom. The Labute approximate surface area is 149 Å². The van der Waals surface area contributed by atoms with E-state index in [9.17, 15) is 9.59 Å². The number of anilines is 1. The minimum Gasteiger partial charge on any atom is -0.493 e. The van der Waals surface area contributed by atoms with E-state index < -0.39 is 0 Å². The largest absolute Gasteiger partial charge is 0.493 e. The number of amides is 2. The van der Waals surface area contributed by atoms with Crippen LogP contribution in [0.2, 0.25) is 0 Å². The van der Waals surface area contributed by atoms with Crippen molar-refractivity contribution in [3.63, 3.8) is 0 Å². The molecule has 0 radical (unpaired) electrons. The fourth-order valence-corrected chi connectivity index (χ4v) is 3.78. The average molecular weight is 344 g/mol. The van der Waals surface area contributed by atoms with Crippen LogP contribution in [-0.2, 0) is 16.0 Å². The Morgan fingerprint density at radius 1 is 1.24 bits per heavy atom. The smallest absolute Gasteiger partial charge is 0.224 e. The summed E-state index contributed by atoms with van der Waals surface area (Å²) in [6, 6.07) is 6.16. The Hall–Kier alpha value is -2.04. The highest BCUT2D eigenvalue weighted by Gasteiger charge is 2.22. The number of hydrogen-bond donors (Lipinski definition) is 1. The summed E-state index contributed by atoms with van der Waals surface area (Å²) in [5.41, 5.74) is 1.91. The molecule has 0 bridgehead atoms. The number of fused-ring (bicyclic) bond motifs is 1. The molecule has 1 fully saturated rings. The number of carbonyl (C=O) groups is 2. The van der Waals surface area contributed by atoms with Crippen LogP contribution in [0, 0.1) is 0 Å². The third-order valence-electron chi connectivity index (χ3n) is 5.32. The zero-order valence-corrected chi connectivity index (χ0v) is 15.1. The normalized spacial score (nSPS) is 17.6. The van der Waals surface area contributed by atoms with Gasteiger partial charge in [-0.3, -0.25) is 9.59 Å². The van der Waals surface area contributed by atoms with Gasteiger partial charge in [-0.05, 0) is 37.8 Å². The number of benzene rings is 1. The number of nitrogens with one attached hydrogen (secondary N) is 1. The number of rotatable bonds is 6. The Balaban J connectivity index is 1.45. The monoisotopic (exact) mass is 344 g/mol. The van der Waals surface area contributed by atoms with Gasteiger partial charge in [0, 0.05) is 37.2 Å². The van der Waals surface area contributed by atoms with E-state index >= 15 is 0 Å². The fourth-order valence-electron chi connectivity index (χ4n) is 3.78. The van der Waals surface area contributed by atoms with Crippen LogP contribution in [0.4, 0.5) is 5.69 Å². The first kappa shape index (κ1) is 17.8. The highest BCUT2D eigenvalue weighted by molar-refractivity contribution is 5.94. The molecule has 5 heteroatoms. The van der Waals surface area contributed by atoms with Crippen LogP contribution in [0.5, 0.6) is 5.75 Å². The SMILES string of the molecule is CN(C(=O)CCCOc1cccc2c1CCC(=O)N2)C1CCCCC1. The van der Waals surface area contributed by atoms with Gasteiger partial charge in [0.05, 0.1) is 6.61 Å². The van der Waals surface area contributed by atoms with Crippen molar-refractivity contribution in [1.29, 1.82) is 0 Å². The summed E-state index contributed by atoms with van der Waals surface area (Å²) in [4.78, 5) is 25.8. The first-order valence-electron chi connectivity index (χ1n) is 9.45. The minimum absolute atomic E-state index is 0.0565. The van der Waals surface area contributed by atoms with Gasteiger partial charge in [0.25, 0.3) is 0 Å². The quantitative estimate of drug-likeness (QED) is 0.803. The summed E-state index contributed by atoms with van der Waals surface area (Å²) in [5.74, 6) is 1.10. The first-order chi connectivity index (χ1) is 12.1. The minimum atomic E-state index is 0.0565. The predicted molar refractivity (Wildman–Crippen MR) is 97.8 cm³/mol. The topological polar surface area (TPSA) is 58.6 Å². The van der Waals surface area contributed by atoms with E-state index in [1.807, 2.05) is 30.1 Å². The van der Waals surface area contributed by atoms with E-state index in [0.717, 1.165) is 29.8 Å². The van der Waals surface area contributed by atoms with Gasteiger partial charge in [-0.1, -0.05) is 25.3 Å². The summed E-state index contributed by atoms with van der Waals surface area (Å²) >= 11 is 0. The van der Waals surface area contributed by atoms with Gasteiger partial charge in [-0.25, -0.2) is 0 Å². The maximum atomic E-state index is 12.3. The van der Waals surface area contributed by atoms with Gasteiger partial charge in [0.1, 0.15) is 5.75 Å².